The van der Waals surface area contributed by atoms with Gasteiger partial charge in [-0.1, -0.05) is 84.0 Å². The Balaban J connectivity index is 1.72. The third kappa shape index (κ3) is 2.78. The number of hydrogen-bond acceptors (Lipinski definition) is 1. The van der Waals surface area contributed by atoms with Gasteiger partial charge >= 0.3 is 6.85 Å². The average Bonchev–Trinajstić information content (AvgIpc) is 3.15. The quantitative estimate of drug-likeness (QED) is 0.222. The first kappa shape index (κ1) is 20.9. The summed E-state index contributed by atoms with van der Waals surface area (Å²) in [5.74, 6) is 1.96. The molecule has 0 saturated heterocycles. The van der Waals surface area contributed by atoms with Gasteiger partial charge < -0.3 is 9.21 Å². The molecule has 0 spiro atoms. The first-order valence-electron chi connectivity index (χ1n) is 12.7. The highest BCUT2D eigenvalue weighted by Gasteiger charge is 2.42. The standard InChI is InChI=1S/C32H30BNO/c1-31(2,3)19-16-23-21-11-7-9-13-26(21)34-30(23)24(17-19)22-15-20(32(4,5)6)18-28-29(22)33(34)25-12-8-10-14-27(25)35-28/h7-18H,1-6H3. The topological polar surface area (TPSA) is 14.2 Å². The van der Waals surface area contributed by atoms with Crippen LogP contribution in [0, 0.1) is 0 Å². The van der Waals surface area contributed by atoms with Crippen LogP contribution in [0.3, 0.4) is 0 Å². The molecular weight excluding hydrogens is 425 g/mol. The Morgan fingerprint density at radius 1 is 0.657 bits per heavy atom. The van der Waals surface area contributed by atoms with E-state index in [-0.39, 0.29) is 17.7 Å². The van der Waals surface area contributed by atoms with Crippen molar-refractivity contribution in [1.82, 2.24) is 4.48 Å². The van der Waals surface area contributed by atoms with Crippen molar-refractivity contribution in [2.75, 3.05) is 0 Å². The summed E-state index contributed by atoms with van der Waals surface area (Å²) in [5.41, 5.74) is 10.5. The van der Waals surface area contributed by atoms with Gasteiger partial charge in [-0.15, -0.1) is 0 Å². The van der Waals surface area contributed by atoms with E-state index in [4.69, 9.17) is 4.74 Å². The van der Waals surface area contributed by atoms with Gasteiger partial charge in [0.25, 0.3) is 0 Å². The van der Waals surface area contributed by atoms with Crippen LogP contribution in [-0.4, -0.2) is 11.3 Å². The Morgan fingerprint density at radius 2 is 1.31 bits per heavy atom. The van der Waals surface area contributed by atoms with Crippen LogP contribution < -0.4 is 15.7 Å². The third-order valence-electron chi connectivity index (χ3n) is 7.93. The Morgan fingerprint density at radius 3 is 2.09 bits per heavy atom. The van der Waals surface area contributed by atoms with Crippen LogP contribution in [0.5, 0.6) is 11.5 Å². The molecule has 1 aromatic heterocycles. The molecule has 0 fully saturated rings. The Labute approximate surface area is 207 Å². The van der Waals surface area contributed by atoms with Gasteiger partial charge in [0.05, 0.1) is 0 Å². The Kier molecular flexibility index (Phi) is 3.94. The first-order chi connectivity index (χ1) is 16.6. The third-order valence-corrected chi connectivity index (χ3v) is 7.93. The minimum absolute atomic E-state index is 0.0201. The lowest BCUT2D eigenvalue weighted by Crippen LogP contribution is -2.54. The predicted molar refractivity (Wildman–Crippen MR) is 149 cm³/mol. The summed E-state index contributed by atoms with van der Waals surface area (Å²) in [7, 11) is 0. The lowest BCUT2D eigenvalue weighted by atomic mass is 9.46. The van der Waals surface area contributed by atoms with Gasteiger partial charge in [-0.25, -0.2) is 0 Å². The number of hydrogen-bond donors (Lipinski definition) is 0. The maximum atomic E-state index is 6.64. The molecule has 3 heteroatoms. The SMILES string of the molecule is CC(C)(C)c1cc2c3c(c1)-c1cc(C(C)(C)C)cc4c5ccccc5n(c14)B3c1ccccc1O2. The molecule has 0 atom stereocenters. The van der Waals surface area contributed by atoms with E-state index >= 15 is 0 Å². The second-order valence-electron chi connectivity index (χ2n) is 12.3. The molecule has 0 N–H and O–H groups in total. The smallest absolute Gasteiger partial charge is 0.336 e. The van der Waals surface area contributed by atoms with Crippen LogP contribution >= 0.6 is 0 Å². The zero-order valence-electron chi connectivity index (χ0n) is 21.4. The van der Waals surface area contributed by atoms with E-state index in [9.17, 15) is 0 Å². The molecule has 35 heavy (non-hydrogen) atoms. The largest absolute Gasteiger partial charge is 0.458 e. The molecule has 4 aromatic carbocycles. The van der Waals surface area contributed by atoms with Crippen molar-refractivity contribution >= 4 is 39.6 Å². The minimum atomic E-state index is 0.0201. The molecule has 0 bridgehead atoms. The van der Waals surface area contributed by atoms with Crippen molar-refractivity contribution in [2.45, 2.75) is 52.4 Å². The van der Waals surface area contributed by atoms with E-state index in [0.29, 0.717) is 0 Å². The fraction of sp³-hybridized carbons (Fsp3) is 0.250. The highest BCUT2D eigenvalue weighted by molar-refractivity contribution is 6.88. The number of benzene rings is 4. The summed E-state index contributed by atoms with van der Waals surface area (Å²) >= 11 is 0. The number of rotatable bonds is 0. The zero-order chi connectivity index (χ0) is 24.3. The second kappa shape index (κ2) is 6.60. The molecule has 2 nitrogen and oxygen atoms in total. The highest BCUT2D eigenvalue weighted by atomic mass is 16.5. The van der Waals surface area contributed by atoms with Gasteiger partial charge in [0.15, 0.2) is 0 Å². The Bertz CT molecular complexity index is 1690. The molecule has 2 aliphatic rings. The van der Waals surface area contributed by atoms with Gasteiger partial charge in [-0.3, -0.25) is 0 Å². The van der Waals surface area contributed by atoms with Crippen LogP contribution in [0.2, 0.25) is 0 Å². The zero-order valence-corrected chi connectivity index (χ0v) is 21.4. The predicted octanol–water partition coefficient (Wildman–Crippen LogP) is 7.13. The van der Waals surface area contributed by atoms with Gasteiger partial charge in [-0.2, -0.15) is 0 Å². The maximum absolute atomic E-state index is 6.64. The van der Waals surface area contributed by atoms with E-state index in [0.717, 1.165) is 11.5 Å². The summed E-state index contributed by atoms with van der Waals surface area (Å²) in [6, 6.07) is 27.1. The van der Waals surface area contributed by atoms with Crippen molar-refractivity contribution < 1.29 is 4.74 Å². The molecule has 0 amide bonds. The summed E-state index contributed by atoms with van der Waals surface area (Å²) in [5, 5.41) is 2.67. The number of aromatic nitrogens is 1. The molecule has 172 valence electrons. The monoisotopic (exact) mass is 455 g/mol. The fourth-order valence-electron chi connectivity index (χ4n) is 6.03. The molecule has 3 heterocycles. The van der Waals surface area contributed by atoms with Gasteiger partial charge in [0.2, 0.25) is 0 Å². The van der Waals surface area contributed by atoms with Crippen molar-refractivity contribution in [3.63, 3.8) is 0 Å². The van der Waals surface area contributed by atoms with Crippen molar-refractivity contribution in [1.29, 1.82) is 0 Å². The number of ether oxygens (including phenoxy) is 1. The molecule has 7 rings (SSSR count). The summed E-state index contributed by atoms with van der Waals surface area (Å²) in [6.07, 6.45) is 0. The average molecular weight is 455 g/mol. The number of nitrogens with zero attached hydrogens (tertiary/aromatic N) is 1. The van der Waals surface area contributed by atoms with Crippen LogP contribution in [0.15, 0.2) is 72.8 Å². The van der Waals surface area contributed by atoms with E-state index < -0.39 is 0 Å². The second-order valence-corrected chi connectivity index (χ2v) is 12.3. The molecule has 0 unspecified atom stereocenters. The van der Waals surface area contributed by atoms with E-state index in [1.54, 1.807) is 0 Å². The molecule has 2 aliphatic heterocycles. The van der Waals surface area contributed by atoms with Crippen LogP contribution in [0.25, 0.3) is 32.9 Å². The molecule has 0 saturated carbocycles. The van der Waals surface area contributed by atoms with Gasteiger partial charge in [0.1, 0.15) is 11.5 Å². The number of para-hydroxylation sites is 2. The van der Waals surface area contributed by atoms with E-state index in [1.165, 1.54) is 55.0 Å². The van der Waals surface area contributed by atoms with Gasteiger partial charge in [0, 0.05) is 32.8 Å². The minimum Gasteiger partial charge on any atom is -0.458 e. The van der Waals surface area contributed by atoms with Crippen molar-refractivity contribution in [2.24, 2.45) is 0 Å². The number of fused-ring (bicyclic) bond motifs is 7. The lowest BCUT2D eigenvalue weighted by Gasteiger charge is -2.35. The highest BCUT2D eigenvalue weighted by Crippen LogP contribution is 2.45. The van der Waals surface area contributed by atoms with Gasteiger partial charge in [-0.05, 0) is 63.3 Å². The van der Waals surface area contributed by atoms with Crippen molar-refractivity contribution in [3.8, 4) is 22.6 Å². The normalized spacial score (nSPS) is 14.2. The first-order valence-corrected chi connectivity index (χ1v) is 12.7. The maximum Gasteiger partial charge on any atom is 0.336 e. The molecule has 0 radical (unpaired) electrons. The van der Waals surface area contributed by atoms with E-state index in [2.05, 4.69) is 119 Å². The molecular formula is C32H30BNO. The van der Waals surface area contributed by atoms with E-state index in [1.807, 2.05) is 0 Å². The fourth-order valence-corrected chi connectivity index (χ4v) is 6.03. The molecule has 5 aromatic rings. The molecule has 0 aliphatic carbocycles. The Hall–Kier alpha value is -3.46. The van der Waals surface area contributed by atoms with Crippen LogP contribution in [-0.2, 0) is 10.8 Å². The lowest BCUT2D eigenvalue weighted by molar-refractivity contribution is 0.483. The summed E-state index contributed by atoms with van der Waals surface area (Å²) < 4.78 is 9.22. The summed E-state index contributed by atoms with van der Waals surface area (Å²) in [4.78, 5) is 0. The summed E-state index contributed by atoms with van der Waals surface area (Å²) in [6.45, 7) is 13.9. The van der Waals surface area contributed by atoms with Crippen LogP contribution in [0.4, 0.5) is 0 Å². The van der Waals surface area contributed by atoms with Crippen LogP contribution in [0.1, 0.15) is 52.7 Å². The van der Waals surface area contributed by atoms with Crippen molar-refractivity contribution in [3.05, 3.63) is 83.9 Å².